The van der Waals surface area contributed by atoms with Gasteiger partial charge in [-0.25, -0.2) is 4.79 Å². The number of carbonyl (C=O) groups is 2. The second-order valence-corrected chi connectivity index (χ2v) is 4.90. The van der Waals surface area contributed by atoms with E-state index < -0.39 is 0 Å². The number of fused-ring (bicyclic) bond motifs is 1. The lowest BCUT2D eigenvalue weighted by Crippen LogP contribution is -2.53. The summed E-state index contributed by atoms with van der Waals surface area (Å²) in [5.74, 6) is 0.802. The number of carbonyl (C=O) groups excluding carboxylic acids is 2. The number of nitrogens with one attached hydrogen (secondary N) is 1. The van der Waals surface area contributed by atoms with Gasteiger partial charge in [0.05, 0.1) is 6.04 Å². The van der Waals surface area contributed by atoms with Gasteiger partial charge in [0.1, 0.15) is 0 Å². The van der Waals surface area contributed by atoms with Crippen LogP contribution >= 0.6 is 11.6 Å². The molecular weight excluding hydrogens is 242 g/mol. The molecular formula is C11H18ClN3O2. The average molecular weight is 260 g/mol. The monoisotopic (exact) mass is 259 g/mol. The molecule has 0 aromatic carbocycles. The minimum atomic E-state index is 0.00392. The molecule has 0 aromatic rings. The Labute approximate surface area is 106 Å². The van der Waals surface area contributed by atoms with Crippen LogP contribution in [0.15, 0.2) is 0 Å². The molecule has 2 aliphatic rings. The summed E-state index contributed by atoms with van der Waals surface area (Å²) in [5, 5.41) is 2.80. The highest BCUT2D eigenvalue weighted by Crippen LogP contribution is 2.15. The van der Waals surface area contributed by atoms with Gasteiger partial charge >= 0.3 is 6.03 Å². The van der Waals surface area contributed by atoms with Gasteiger partial charge in [0.25, 0.3) is 0 Å². The first-order valence-electron chi connectivity index (χ1n) is 6.10. The van der Waals surface area contributed by atoms with E-state index in [1.54, 1.807) is 0 Å². The van der Waals surface area contributed by atoms with Crippen molar-refractivity contribution in [2.45, 2.75) is 25.3 Å². The molecule has 3 amide bonds. The first-order chi connectivity index (χ1) is 8.22. The molecule has 0 aliphatic carbocycles. The van der Waals surface area contributed by atoms with Crippen LogP contribution in [-0.4, -0.2) is 59.8 Å². The third-order valence-corrected chi connectivity index (χ3v) is 3.63. The molecule has 1 unspecified atom stereocenters. The minimum absolute atomic E-state index is 0.00392. The first kappa shape index (κ1) is 12.5. The van der Waals surface area contributed by atoms with Crippen molar-refractivity contribution in [1.29, 1.82) is 0 Å². The van der Waals surface area contributed by atoms with Gasteiger partial charge < -0.3 is 15.1 Å². The molecule has 2 rings (SSSR count). The second kappa shape index (κ2) is 5.58. The highest BCUT2D eigenvalue weighted by atomic mass is 35.5. The van der Waals surface area contributed by atoms with E-state index in [2.05, 4.69) is 5.32 Å². The van der Waals surface area contributed by atoms with Crippen LogP contribution in [0.25, 0.3) is 0 Å². The molecule has 0 saturated carbocycles. The predicted octanol–water partition coefficient (Wildman–Crippen LogP) is 0.631. The van der Waals surface area contributed by atoms with E-state index in [9.17, 15) is 9.59 Å². The molecule has 2 heterocycles. The Hall–Kier alpha value is -0.970. The van der Waals surface area contributed by atoms with E-state index in [1.807, 2.05) is 9.80 Å². The van der Waals surface area contributed by atoms with E-state index in [4.69, 9.17) is 11.6 Å². The number of hydrogen-bond acceptors (Lipinski definition) is 2. The van der Waals surface area contributed by atoms with Crippen LogP contribution in [0, 0.1) is 0 Å². The molecule has 0 bridgehead atoms. The van der Waals surface area contributed by atoms with Crippen LogP contribution in [0.2, 0.25) is 0 Å². The normalized spacial score (nSPS) is 23.6. The maximum Gasteiger partial charge on any atom is 0.317 e. The van der Waals surface area contributed by atoms with E-state index in [0.29, 0.717) is 38.5 Å². The maximum absolute atomic E-state index is 11.9. The fraction of sp³-hybridized carbons (Fsp3) is 0.818. The van der Waals surface area contributed by atoms with Crippen molar-refractivity contribution in [1.82, 2.24) is 15.1 Å². The summed E-state index contributed by atoms with van der Waals surface area (Å²) in [7, 11) is 0. The topological polar surface area (TPSA) is 52.7 Å². The number of nitrogens with zero attached hydrogens (tertiary/aromatic N) is 2. The van der Waals surface area contributed by atoms with E-state index in [0.717, 1.165) is 12.8 Å². The summed E-state index contributed by atoms with van der Waals surface area (Å²) < 4.78 is 0. The van der Waals surface area contributed by atoms with Crippen molar-refractivity contribution >= 4 is 23.5 Å². The Morgan fingerprint density at radius 2 is 2.24 bits per heavy atom. The van der Waals surface area contributed by atoms with Gasteiger partial charge in [-0.3, -0.25) is 4.79 Å². The highest BCUT2D eigenvalue weighted by molar-refractivity contribution is 6.17. The molecule has 96 valence electrons. The van der Waals surface area contributed by atoms with Gasteiger partial charge in [0, 0.05) is 38.5 Å². The molecule has 0 aromatic heterocycles. The van der Waals surface area contributed by atoms with Crippen LogP contribution in [0.4, 0.5) is 4.79 Å². The van der Waals surface area contributed by atoms with Crippen LogP contribution < -0.4 is 5.32 Å². The van der Waals surface area contributed by atoms with Crippen LogP contribution in [0.3, 0.4) is 0 Å². The lowest BCUT2D eigenvalue weighted by atomic mass is 10.1. The largest absolute Gasteiger partial charge is 0.339 e. The minimum Gasteiger partial charge on any atom is -0.339 e. The predicted molar refractivity (Wildman–Crippen MR) is 65.0 cm³/mol. The van der Waals surface area contributed by atoms with Crippen molar-refractivity contribution < 1.29 is 9.59 Å². The Kier molecular flexibility index (Phi) is 4.10. The quantitative estimate of drug-likeness (QED) is 0.595. The molecule has 1 N–H and O–H groups in total. The van der Waals surface area contributed by atoms with Crippen molar-refractivity contribution in [2.75, 3.05) is 32.1 Å². The number of unbranched alkanes of at least 4 members (excludes halogenated alkanes) is 1. The molecule has 2 fully saturated rings. The third-order valence-electron chi connectivity index (χ3n) is 3.36. The Bertz CT molecular complexity index is 311. The van der Waals surface area contributed by atoms with Gasteiger partial charge in [-0.05, 0) is 12.8 Å². The first-order valence-corrected chi connectivity index (χ1v) is 6.64. The summed E-state index contributed by atoms with van der Waals surface area (Å²) >= 11 is 5.58. The van der Waals surface area contributed by atoms with Gasteiger partial charge in [0.15, 0.2) is 0 Å². The summed E-state index contributed by atoms with van der Waals surface area (Å²) in [5.41, 5.74) is 0. The molecule has 2 saturated heterocycles. The van der Waals surface area contributed by atoms with E-state index in [-0.39, 0.29) is 18.0 Å². The SMILES string of the molecule is O=C(CCCCCl)N1CCN2C(=O)NCC2C1. The fourth-order valence-electron chi connectivity index (χ4n) is 2.36. The van der Waals surface area contributed by atoms with Crippen LogP contribution in [-0.2, 0) is 4.79 Å². The highest BCUT2D eigenvalue weighted by Gasteiger charge is 2.36. The molecule has 5 nitrogen and oxygen atoms in total. The third kappa shape index (κ3) is 2.83. The zero-order valence-corrected chi connectivity index (χ0v) is 10.6. The van der Waals surface area contributed by atoms with E-state index >= 15 is 0 Å². The number of piperazine rings is 1. The average Bonchev–Trinajstić information content (AvgIpc) is 2.71. The number of hydrogen-bond donors (Lipinski definition) is 1. The van der Waals surface area contributed by atoms with Crippen LogP contribution in [0.1, 0.15) is 19.3 Å². The second-order valence-electron chi connectivity index (χ2n) is 4.52. The summed E-state index contributed by atoms with van der Waals surface area (Å²) in [6.07, 6.45) is 2.31. The van der Waals surface area contributed by atoms with Gasteiger partial charge in [0.2, 0.25) is 5.91 Å². The van der Waals surface area contributed by atoms with Gasteiger partial charge in [-0.15, -0.1) is 11.6 Å². The Morgan fingerprint density at radius 3 is 3.00 bits per heavy atom. The van der Waals surface area contributed by atoms with Crippen molar-refractivity contribution in [2.24, 2.45) is 0 Å². The molecule has 17 heavy (non-hydrogen) atoms. The lowest BCUT2D eigenvalue weighted by Gasteiger charge is -2.36. The lowest BCUT2D eigenvalue weighted by molar-refractivity contribution is -0.133. The molecule has 0 spiro atoms. The van der Waals surface area contributed by atoms with E-state index in [1.165, 1.54) is 0 Å². The standard InChI is InChI=1S/C11H18ClN3O2/c12-4-2-1-3-10(16)14-5-6-15-9(8-14)7-13-11(15)17/h9H,1-8H2,(H,13,17). The fourth-order valence-corrected chi connectivity index (χ4v) is 2.55. The van der Waals surface area contributed by atoms with Gasteiger partial charge in [-0.1, -0.05) is 0 Å². The number of alkyl halides is 1. The summed E-state index contributed by atoms with van der Waals surface area (Å²) in [4.78, 5) is 27.0. The smallest absolute Gasteiger partial charge is 0.317 e. The number of rotatable bonds is 4. The molecule has 0 radical (unpaired) electrons. The Morgan fingerprint density at radius 1 is 1.41 bits per heavy atom. The Balaban J connectivity index is 1.80. The molecule has 2 aliphatic heterocycles. The van der Waals surface area contributed by atoms with Crippen LogP contribution in [0.5, 0.6) is 0 Å². The maximum atomic E-state index is 11.9. The summed E-state index contributed by atoms with van der Waals surface area (Å²) in [6.45, 7) is 2.63. The molecule has 6 heteroatoms. The van der Waals surface area contributed by atoms with Crippen molar-refractivity contribution in [3.63, 3.8) is 0 Å². The van der Waals surface area contributed by atoms with Crippen molar-refractivity contribution in [3.8, 4) is 0 Å². The number of amides is 3. The van der Waals surface area contributed by atoms with Gasteiger partial charge in [-0.2, -0.15) is 0 Å². The number of urea groups is 1. The zero-order chi connectivity index (χ0) is 12.3. The number of halogens is 1. The zero-order valence-electron chi connectivity index (χ0n) is 9.82. The molecule has 1 atom stereocenters. The van der Waals surface area contributed by atoms with Crippen molar-refractivity contribution in [3.05, 3.63) is 0 Å². The summed E-state index contributed by atoms with van der Waals surface area (Å²) in [6, 6.07) is 0.164.